The molecule has 0 aliphatic carbocycles. The fourth-order valence-electron chi connectivity index (χ4n) is 2.86. The highest BCUT2D eigenvalue weighted by Gasteiger charge is 2.39. The van der Waals surface area contributed by atoms with Crippen LogP contribution in [0, 0.1) is 10.1 Å². The summed E-state index contributed by atoms with van der Waals surface area (Å²) >= 11 is 0. The van der Waals surface area contributed by atoms with Crippen LogP contribution in [-0.4, -0.2) is 23.8 Å². The van der Waals surface area contributed by atoms with Gasteiger partial charge in [-0.1, -0.05) is 30.3 Å². The molecule has 126 valence electrons. The highest BCUT2D eigenvalue weighted by molar-refractivity contribution is 6.43. The largest absolute Gasteiger partial charge is 0.495 e. The molecule has 0 saturated heterocycles. The van der Waals surface area contributed by atoms with E-state index in [1.165, 1.54) is 32.2 Å². The minimum atomic E-state index is -0.566. The summed E-state index contributed by atoms with van der Waals surface area (Å²) < 4.78 is 5.43. The third-order valence-corrected chi connectivity index (χ3v) is 3.90. The molecule has 7 nitrogen and oxygen atoms in total. The molecule has 2 aromatic rings. The minimum absolute atomic E-state index is 0.127. The Morgan fingerprint density at radius 1 is 1.16 bits per heavy atom. The lowest BCUT2D eigenvalue weighted by molar-refractivity contribution is -0.384. The number of hydrogen-bond donors (Lipinski definition) is 0. The van der Waals surface area contributed by atoms with Crippen molar-refractivity contribution >= 4 is 34.5 Å². The number of anilines is 1. The summed E-state index contributed by atoms with van der Waals surface area (Å²) in [6, 6.07) is 12.8. The van der Waals surface area contributed by atoms with Crippen molar-refractivity contribution in [3.05, 3.63) is 69.8 Å². The summed E-state index contributed by atoms with van der Waals surface area (Å²) in [5.41, 5.74) is 1.20. The van der Waals surface area contributed by atoms with Crippen LogP contribution >= 0.6 is 0 Å². The highest BCUT2D eigenvalue weighted by atomic mass is 16.6. The van der Waals surface area contributed by atoms with E-state index in [-0.39, 0.29) is 17.0 Å². The molecule has 0 fully saturated rings. The Hall–Kier alpha value is -3.48. The Labute approximate surface area is 143 Å². The van der Waals surface area contributed by atoms with E-state index in [0.717, 1.165) is 4.90 Å². The van der Waals surface area contributed by atoms with Crippen LogP contribution in [0.5, 0.6) is 0 Å². The van der Waals surface area contributed by atoms with Crippen LogP contribution in [0.3, 0.4) is 0 Å². The number of ether oxygens (including phenoxy) is 1. The number of non-ortho nitro benzene ring substituents is 1. The van der Waals surface area contributed by atoms with Gasteiger partial charge >= 0.3 is 0 Å². The monoisotopic (exact) mass is 338 g/mol. The van der Waals surface area contributed by atoms with E-state index >= 15 is 0 Å². The number of nitro benzene ring substituents is 1. The van der Waals surface area contributed by atoms with E-state index in [9.17, 15) is 19.7 Å². The second-order valence-electron chi connectivity index (χ2n) is 5.39. The van der Waals surface area contributed by atoms with Crippen LogP contribution in [0.15, 0.2) is 48.5 Å². The van der Waals surface area contributed by atoms with Gasteiger partial charge in [0.1, 0.15) is 5.76 Å². The number of nitro groups is 1. The minimum Gasteiger partial charge on any atom is -0.495 e. The fraction of sp³-hybridized carbons (Fsp3) is 0.111. The van der Waals surface area contributed by atoms with Gasteiger partial charge in [-0.25, -0.2) is 4.90 Å². The van der Waals surface area contributed by atoms with Crippen molar-refractivity contribution in [2.75, 3.05) is 12.0 Å². The molecule has 0 spiro atoms. The number of hydrogen-bond acceptors (Lipinski definition) is 5. The first-order valence-corrected chi connectivity index (χ1v) is 7.43. The predicted molar refractivity (Wildman–Crippen MR) is 91.5 cm³/mol. The molecular weight excluding hydrogens is 324 g/mol. The molecule has 2 aromatic carbocycles. The van der Waals surface area contributed by atoms with Crippen LogP contribution in [0.2, 0.25) is 0 Å². The molecular formula is C18H14N2O5. The van der Waals surface area contributed by atoms with Gasteiger partial charge in [0, 0.05) is 30.2 Å². The third kappa shape index (κ3) is 2.65. The second kappa shape index (κ2) is 6.20. The Kier molecular flexibility index (Phi) is 4.06. The van der Waals surface area contributed by atoms with Gasteiger partial charge in [-0.05, 0) is 6.07 Å². The number of fused-ring (bicyclic) bond motifs is 1. The average molecular weight is 338 g/mol. The molecule has 1 heterocycles. The van der Waals surface area contributed by atoms with E-state index in [0.29, 0.717) is 16.8 Å². The third-order valence-electron chi connectivity index (χ3n) is 3.90. The Bertz CT molecular complexity index is 918. The molecule has 0 radical (unpaired) electrons. The maximum absolute atomic E-state index is 12.9. The molecule has 0 atom stereocenters. The van der Waals surface area contributed by atoms with Gasteiger partial charge in [-0.3, -0.25) is 19.7 Å². The van der Waals surface area contributed by atoms with Crippen LogP contribution in [0.25, 0.3) is 11.3 Å². The molecule has 0 aromatic heterocycles. The van der Waals surface area contributed by atoms with Crippen molar-refractivity contribution in [3.63, 3.8) is 0 Å². The fourth-order valence-corrected chi connectivity index (χ4v) is 2.86. The smallest absolute Gasteiger partial charge is 0.270 e. The van der Waals surface area contributed by atoms with E-state index in [1.54, 1.807) is 24.3 Å². The Morgan fingerprint density at radius 2 is 1.84 bits per heavy atom. The summed E-state index contributed by atoms with van der Waals surface area (Å²) in [6.07, 6.45) is 0. The molecule has 25 heavy (non-hydrogen) atoms. The van der Waals surface area contributed by atoms with Gasteiger partial charge in [-0.2, -0.15) is 0 Å². The summed E-state index contributed by atoms with van der Waals surface area (Å²) in [6.45, 7) is 1.26. The molecule has 3 rings (SSSR count). The summed E-state index contributed by atoms with van der Waals surface area (Å²) in [5.74, 6) is -0.779. The second-order valence-corrected chi connectivity index (χ2v) is 5.39. The molecule has 0 unspecified atom stereocenters. The van der Waals surface area contributed by atoms with E-state index in [1.807, 2.05) is 6.07 Å². The molecule has 1 aliphatic heterocycles. The van der Waals surface area contributed by atoms with E-state index < -0.39 is 16.7 Å². The maximum Gasteiger partial charge on any atom is 0.270 e. The predicted octanol–water partition coefficient (Wildman–Crippen LogP) is 3.00. The van der Waals surface area contributed by atoms with Gasteiger partial charge in [0.2, 0.25) is 5.91 Å². The molecule has 0 N–H and O–H groups in total. The zero-order valence-corrected chi connectivity index (χ0v) is 13.6. The van der Waals surface area contributed by atoms with E-state index in [4.69, 9.17) is 4.74 Å². The lowest BCUT2D eigenvalue weighted by Gasteiger charge is -2.12. The average Bonchev–Trinajstić information content (AvgIpc) is 2.88. The van der Waals surface area contributed by atoms with Crippen molar-refractivity contribution in [2.45, 2.75) is 6.92 Å². The zero-order valence-electron chi connectivity index (χ0n) is 13.6. The van der Waals surface area contributed by atoms with Crippen molar-refractivity contribution in [1.29, 1.82) is 0 Å². The van der Waals surface area contributed by atoms with Gasteiger partial charge in [0.25, 0.3) is 11.6 Å². The van der Waals surface area contributed by atoms with Gasteiger partial charge < -0.3 is 4.74 Å². The Balaban J connectivity index is 2.33. The number of methoxy groups -OCH3 is 1. The lowest BCUT2D eigenvalue weighted by atomic mass is 10.0. The van der Waals surface area contributed by atoms with Crippen molar-refractivity contribution < 1.29 is 19.2 Å². The number of rotatable bonds is 3. The van der Waals surface area contributed by atoms with Crippen LogP contribution in [-0.2, 0) is 14.3 Å². The number of nitrogens with zero attached hydrogens (tertiary/aromatic N) is 2. The lowest BCUT2D eigenvalue weighted by Crippen LogP contribution is -2.31. The summed E-state index contributed by atoms with van der Waals surface area (Å²) in [5, 5.41) is 11.1. The molecule has 2 amide bonds. The van der Waals surface area contributed by atoms with Gasteiger partial charge in [0.15, 0.2) is 0 Å². The van der Waals surface area contributed by atoms with Crippen LogP contribution < -0.4 is 4.90 Å². The first kappa shape index (κ1) is 16.4. The van der Waals surface area contributed by atoms with Crippen molar-refractivity contribution in [1.82, 2.24) is 0 Å². The van der Waals surface area contributed by atoms with E-state index in [2.05, 4.69) is 0 Å². The van der Waals surface area contributed by atoms with Crippen LogP contribution in [0.4, 0.5) is 11.4 Å². The standard InChI is InChI=1S/C18H14N2O5/c1-11(21)19-15-9-8-13(20(23)24)10-14(15)16(18(19)22)17(25-2)12-6-4-3-5-7-12/h3-10H,1-2H3/b17-16+. The first-order valence-electron chi connectivity index (χ1n) is 7.43. The SMILES string of the molecule is CO/C(=C1/C(=O)N(C(C)=O)c2ccc([N+](=O)[O-])cc21)c1ccccc1. The number of carbonyl (C=O) groups excluding carboxylic acids is 2. The maximum atomic E-state index is 12.9. The first-order chi connectivity index (χ1) is 12.0. The molecule has 1 aliphatic rings. The van der Waals surface area contributed by atoms with Gasteiger partial charge in [-0.15, -0.1) is 0 Å². The highest BCUT2D eigenvalue weighted by Crippen LogP contribution is 2.42. The quantitative estimate of drug-likeness (QED) is 0.371. The van der Waals surface area contributed by atoms with Gasteiger partial charge in [0.05, 0.1) is 23.3 Å². The zero-order chi connectivity index (χ0) is 18.1. The number of benzene rings is 2. The van der Waals surface area contributed by atoms with Crippen molar-refractivity contribution in [3.8, 4) is 0 Å². The molecule has 0 bridgehead atoms. The summed E-state index contributed by atoms with van der Waals surface area (Å²) in [4.78, 5) is 36.3. The normalized spacial score (nSPS) is 15.0. The van der Waals surface area contributed by atoms with Crippen molar-refractivity contribution in [2.24, 2.45) is 0 Å². The number of amides is 2. The molecule has 7 heteroatoms. The van der Waals surface area contributed by atoms with Crippen LogP contribution in [0.1, 0.15) is 18.1 Å². The molecule has 0 saturated carbocycles. The topological polar surface area (TPSA) is 89.8 Å². The Morgan fingerprint density at radius 3 is 2.40 bits per heavy atom. The number of imide groups is 1. The summed E-state index contributed by atoms with van der Waals surface area (Å²) in [7, 11) is 1.41. The number of carbonyl (C=O) groups is 2.